The van der Waals surface area contributed by atoms with Crippen LogP contribution < -0.4 is 10.6 Å². The number of aliphatic hydroxyl groups is 1. The third-order valence-corrected chi connectivity index (χ3v) is 2.77. The minimum atomic E-state index is -4.18. The maximum Gasteiger partial charge on any atom is 0.390 e. The maximum atomic E-state index is 12.0. The highest BCUT2D eigenvalue weighted by atomic mass is 19.4. The minimum absolute atomic E-state index is 0.0432. The SMILES string of the molecule is CCNC(=NCC1(CO)COC1)NCCC(F)(F)F. The molecule has 1 rings (SSSR count). The minimum Gasteiger partial charge on any atom is -0.396 e. The number of ether oxygens (including phenoxy) is 1. The quantitative estimate of drug-likeness (QED) is 0.491. The number of aliphatic imine (C=N–C) groups is 1. The first-order chi connectivity index (χ1) is 8.91. The summed E-state index contributed by atoms with van der Waals surface area (Å²) in [5.41, 5.74) is -0.383. The van der Waals surface area contributed by atoms with Crippen LogP contribution in [0.1, 0.15) is 13.3 Å². The van der Waals surface area contributed by atoms with E-state index in [9.17, 15) is 18.3 Å². The Kier molecular flexibility index (Phi) is 5.86. The number of hydrogen-bond donors (Lipinski definition) is 3. The van der Waals surface area contributed by atoms with Gasteiger partial charge >= 0.3 is 6.18 Å². The lowest BCUT2D eigenvalue weighted by Gasteiger charge is -2.38. The third kappa shape index (κ3) is 5.65. The van der Waals surface area contributed by atoms with Crippen LogP contribution in [0.2, 0.25) is 0 Å². The number of halogens is 3. The van der Waals surface area contributed by atoms with E-state index in [0.717, 1.165) is 0 Å². The fourth-order valence-electron chi connectivity index (χ4n) is 1.53. The second-order valence-corrected chi connectivity index (χ2v) is 4.64. The van der Waals surface area contributed by atoms with Crippen molar-refractivity contribution < 1.29 is 23.0 Å². The van der Waals surface area contributed by atoms with Gasteiger partial charge in [0.05, 0.1) is 38.2 Å². The molecule has 0 unspecified atom stereocenters. The summed E-state index contributed by atoms with van der Waals surface area (Å²) in [6, 6.07) is 0. The molecule has 19 heavy (non-hydrogen) atoms. The van der Waals surface area contributed by atoms with E-state index in [1.54, 1.807) is 0 Å². The van der Waals surface area contributed by atoms with Crippen molar-refractivity contribution in [1.29, 1.82) is 0 Å². The van der Waals surface area contributed by atoms with Crippen LogP contribution >= 0.6 is 0 Å². The number of aliphatic hydroxyl groups excluding tert-OH is 1. The summed E-state index contributed by atoms with van der Waals surface area (Å²) in [7, 11) is 0. The van der Waals surface area contributed by atoms with Crippen molar-refractivity contribution in [2.45, 2.75) is 19.5 Å². The lowest BCUT2D eigenvalue weighted by atomic mass is 9.87. The lowest BCUT2D eigenvalue weighted by molar-refractivity contribution is -0.132. The largest absolute Gasteiger partial charge is 0.396 e. The van der Waals surface area contributed by atoms with Gasteiger partial charge in [-0.15, -0.1) is 0 Å². The van der Waals surface area contributed by atoms with E-state index in [0.29, 0.717) is 32.3 Å². The number of nitrogens with zero attached hydrogens (tertiary/aromatic N) is 1. The molecule has 112 valence electrons. The van der Waals surface area contributed by atoms with Crippen LogP contribution in [0.25, 0.3) is 0 Å². The van der Waals surface area contributed by atoms with Gasteiger partial charge in [0.2, 0.25) is 0 Å². The highest BCUT2D eigenvalue weighted by Crippen LogP contribution is 2.26. The van der Waals surface area contributed by atoms with Crippen molar-refractivity contribution in [3.05, 3.63) is 0 Å². The third-order valence-electron chi connectivity index (χ3n) is 2.77. The van der Waals surface area contributed by atoms with Crippen molar-refractivity contribution in [2.75, 3.05) is 39.5 Å². The molecule has 5 nitrogen and oxygen atoms in total. The Morgan fingerprint density at radius 1 is 1.37 bits per heavy atom. The zero-order valence-electron chi connectivity index (χ0n) is 10.9. The number of rotatable bonds is 6. The van der Waals surface area contributed by atoms with Crippen molar-refractivity contribution in [1.82, 2.24) is 10.6 Å². The fraction of sp³-hybridized carbons (Fsp3) is 0.909. The van der Waals surface area contributed by atoms with E-state index in [2.05, 4.69) is 15.6 Å². The number of nitrogens with one attached hydrogen (secondary N) is 2. The summed E-state index contributed by atoms with van der Waals surface area (Å²) in [4.78, 5) is 4.19. The second-order valence-electron chi connectivity index (χ2n) is 4.64. The Hall–Kier alpha value is -1.02. The predicted octanol–water partition coefficient (Wildman–Crippen LogP) is 0.503. The van der Waals surface area contributed by atoms with Crippen LogP contribution in [-0.4, -0.2) is 56.7 Å². The summed E-state index contributed by atoms with van der Waals surface area (Å²) in [5, 5.41) is 14.7. The molecule has 0 atom stereocenters. The highest BCUT2D eigenvalue weighted by molar-refractivity contribution is 5.79. The van der Waals surface area contributed by atoms with Crippen LogP contribution in [-0.2, 0) is 4.74 Å². The van der Waals surface area contributed by atoms with E-state index >= 15 is 0 Å². The molecule has 1 aliphatic rings. The fourth-order valence-corrected chi connectivity index (χ4v) is 1.53. The molecule has 0 aromatic heterocycles. The van der Waals surface area contributed by atoms with E-state index in [-0.39, 0.29) is 18.6 Å². The molecule has 8 heteroatoms. The molecule has 0 amide bonds. The Bertz CT molecular complexity index is 299. The van der Waals surface area contributed by atoms with Crippen LogP contribution in [0.15, 0.2) is 4.99 Å². The van der Waals surface area contributed by atoms with Gasteiger partial charge < -0.3 is 20.5 Å². The molecule has 0 spiro atoms. The monoisotopic (exact) mass is 283 g/mol. The number of guanidine groups is 1. The van der Waals surface area contributed by atoms with Crippen LogP contribution in [0.3, 0.4) is 0 Å². The average Bonchev–Trinajstić information content (AvgIpc) is 2.26. The van der Waals surface area contributed by atoms with Crippen molar-refractivity contribution >= 4 is 5.96 Å². The number of alkyl halides is 3. The summed E-state index contributed by atoms with van der Waals surface area (Å²) in [5.74, 6) is 0.325. The van der Waals surface area contributed by atoms with Gasteiger partial charge in [0.15, 0.2) is 5.96 Å². The topological polar surface area (TPSA) is 65.9 Å². The van der Waals surface area contributed by atoms with Gasteiger partial charge in [0, 0.05) is 13.1 Å². The summed E-state index contributed by atoms with van der Waals surface area (Å²) < 4.78 is 41.1. The molecule has 0 bridgehead atoms. The molecule has 0 aromatic carbocycles. The predicted molar refractivity (Wildman–Crippen MR) is 65.0 cm³/mol. The molecule has 1 saturated heterocycles. The Balaban J connectivity index is 2.42. The summed E-state index contributed by atoms with van der Waals surface area (Å²) in [6.07, 6.45) is -5.09. The first-order valence-electron chi connectivity index (χ1n) is 6.18. The van der Waals surface area contributed by atoms with Crippen molar-refractivity contribution in [3.63, 3.8) is 0 Å². The molecule has 0 saturated carbocycles. The molecule has 0 aromatic rings. The normalized spacial score (nSPS) is 18.9. The Morgan fingerprint density at radius 2 is 2.05 bits per heavy atom. The van der Waals surface area contributed by atoms with Gasteiger partial charge in [-0.2, -0.15) is 13.2 Å². The summed E-state index contributed by atoms with van der Waals surface area (Å²) in [6.45, 7) is 3.29. The zero-order valence-corrected chi connectivity index (χ0v) is 10.9. The molecule has 3 N–H and O–H groups in total. The first kappa shape index (κ1) is 16.0. The van der Waals surface area contributed by atoms with Gasteiger partial charge in [-0.1, -0.05) is 0 Å². The van der Waals surface area contributed by atoms with Crippen LogP contribution in [0, 0.1) is 5.41 Å². The van der Waals surface area contributed by atoms with Gasteiger partial charge in [-0.05, 0) is 6.92 Å². The summed E-state index contributed by atoms with van der Waals surface area (Å²) >= 11 is 0. The smallest absolute Gasteiger partial charge is 0.390 e. The average molecular weight is 283 g/mol. The maximum absolute atomic E-state index is 12.0. The van der Waals surface area contributed by atoms with Gasteiger partial charge in [-0.3, -0.25) is 4.99 Å². The van der Waals surface area contributed by atoms with Crippen molar-refractivity contribution in [3.8, 4) is 0 Å². The molecular formula is C11H20F3N3O2. The molecule has 1 aliphatic heterocycles. The highest BCUT2D eigenvalue weighted by Gasteiger charge is 2.38. The van der Waals surface area contributed by atoms with Gasteiger partial charge in [0.25, 0.3) is 0 Å². The van der Waals surface area contributed by atoms with Gasteiger partial charge in [0.1, 0.15) is 0 Å². The molecule has 0 radical (unpaired) electrons. The van der Waals surface area contributed by atoms with Gasteiger partial charge in [-0.25, -0.2) is 0 Å². The zero-order chi connectivity index (χ0) is 14.4. The van der Waals surface area contributed by atoms with Crippen molar-refractivity contribution in [2.24, 2.45) is 10.4 Å². The standard InChI is InChI=1S/C11H20F3N3O2/c1-2-15-9(16-4-3-11(12,13)14)17-5-10(6-18)7-19-8-10/h18H,2-8H2,1H3,(H2,15,16,17). The van der Waals surface area contributed by atoms with E-state index in [1.165, 1.54) is 0 Å². The molecule has 0 aliphatic carbocycles. The molecular weight excluding hydrogens is 263 g/mol. The van der Waals surface area contributed by atoms with E-state index in [1.807, 2.05) is 6.92 Å². The van der Waals surface area contributed by atoms with E-state index < -0.39 is 12.6 Å². The van der Waals surface area contributed by atoms with E-state index in [4.69, 9.17) is 4.74 Å². The van der Waals surface area contributed by atoms with Crippen LogP contribution in [0.5, 0.6) is 0 Å². The first-order valence-corrected chi connectivity index (χ1v) is 6.18. The van der Waals surface area contributed by atoms with Crippen LogP contribution in [0.4, 0.5) is 13.2 Å². The molecule has 1 fully saturated rings. The lowest BCUT2D eigenvalue weighted by Crippen LogP contribution is -2.49. The Morgan fingerprint density at radius 3 is 2.47 bits per heavy atom. The number of hydrogen-bond acceptors (Lipinski definition) is 3. The second kappa shape index (κ2) is 6.95. The molecule has 1 heterocycles. The Labute approximate surface area is 110 Å².